The summed E-state index contributed by atoms with van der Waals surface area (Å²) in [5.74, 6) is 0. The largest absolute Gasteiger partial charge is 0.285 e. The number of hydrogen-bond acceptors (Lipinski definition) is 5. The summed E-state index contributed by atoms with van der Waals surface area (Å²) >= 11 is 1.63. The van der Waals surface area contributed by atoms with Gasteiger partial charge in [0.2, 0.25) is 0 Å². The molecule has 0 aliphatic rings. The number of thioether (sulfide) groups is 1. The molecule has 0 spiro atoms. The second-order valence-corrected chi connectivity index (χ2v) is 7.58. The lowest BCUT2D eigenvalue weighted by Gasteiger charge is -2.05. The third-order valence-corrected chi connectivity index (χ3v) is 5.05. The molecule has 0 saturated heterocycles. The SMILES string of the molecule is C=C(C)\C=C/C(C)=N/N=C(\CC)Sc1ccc2ncc(-c3cn[nH]c3)cc2c1. The van der Waals surface area contributed by atoms with Gasteiger partial charge in [-0.2, -0.15) is 10.2 Å². The third-order valence-electron chi connectivity index (χ3n) is 3.95. The van der Waals surface area contributed by atoms with Crippen LogP contribution in [0.3, 0.4) is 0 Å². The van der Waals surface area contributed by atoms with Gasteiger partial charge >= 0.3 is 0 Å². The van der Waals surface area contributed by atoms with Crippen LogP contribution in [0.4, 0.5) is 0 Å². The quantitative estimate of drug-likeness (QED) is 0.184. The van der Waals surface area contributed by atoms with Gasteiger partial charge in [0.1, 0.15) is 5.04 Å². The smallest absolute Gasteiger partial charge is 0.100 e. The minimum atomic E-state index is 0.816. The number of fused-ring (bicyclic) bond motifs is 1. The normalized spacial score (nSPS) is 12.8. The van der Waals surface area contributed by atoms with E-state index in [1.54, 1.807) is 18.0 Å². The number of pyridine rings is 1. The van der Waals surface area contributed by atoms with E-state index < -0.39 is 0 Å². The summed E-state index contributed by atoms with van der Waals surface area (Å²) in [6.07, 6.45) is 10.2. The molecule has 1 N–H and O–H groups in total. The third kappa shape index (κ3) is 5.27. The molecule has 28 heavy (non-hydrogen) atoms. The molecule has 0 aliphatic heterocycles. The Morgan fingerprint density at radius 3 is 2.71 bits per heavy atom. The van der Waals surface area contributed by atoms with Crippen LogP contribution in [0, 0.1) is 0 Å². The maximum absolute atomic E-state index is 4.55. The van der Waals surface area contributed by atoms with Crippen molar-refractivity contribution in [2.75, 3.05) is 0 Å². The molecule has 0 unspecified atom stereocenters. The minimum Gasteiger partial charge on any atom is -0.285 e. The number of nitrogens with zero attached hydrogens (tertiary/aromatic N) is 4. The lowest BCUT2D eigenvalue weighted by molar-refractivity contribution is 1.09. The molecular formula is C22H23N5S. The van der Waals surface area contributed by atoms with Crippen LogP contribution >= 0.6 is 11.8 Å². The van der Waals surface area contributed by atoms with Gasteiger partial charge in [0, 0.05) is 33.8 Å². The first kappa shape index (κ1) is 19.8. The zero-order valence-corrected chi connectivity index (χ0v) is 17.1. The molecule has 142 valence electrons. The van der Waals surface area contributed by atoms with E-state index in [1.165, 1.54) is 0 Å². The van der Waals surface area contributed by atoms with E-state index in [9.17, 15) is 0 Å². The Labute approximate surface area is 169 Å². The molecule has 2 aromatic heterocycles. The number of benzene rings is 1. The predicted molar refractivity (Wildman–Crippen MR) is 120 cm³/mol. The van der Waals surface area contributed by atoms with Crippen LogP contribution in [0.1, 0.15) is 27.2 Å². The van der Waals surface area contributed by atoms with Gasteiger partial charge in [0.05, 0.1) is 17.4 Å². The number of allylic oxidation sites excluding steroid dienone is 3. The second kappa shape index (κ2) is 9.28. The molecule has 0 radical (unpaired) electrons. The fourth-order valence-electron chi connectivity index (χ4n) is 2.47. The second-order valence-electron chi connectivity index (χ2n) is 6.44. The van der Waals surface area contributed by atoms with Crippen LogP contribution in [0.15, 0.2) is 82.3 Å². The number of H-pyrrole nitrogens is 1. The van der Waals surface area contributed by atoms with Crippen LogP contribution in [-0.4, -0.2) is 25.9 Å². The zero-order valence-electron chi connectivity index (χ0n) is 16.3. The Kier molecular flexibility index (Phi) is 6.55. The summed E-state index contributed by atoms with van der Waals surface area (Å²) in [7, 11) is 0. The van der Waals surface area contributed by atoms with Gasteiger partial charge in [0.15, 0.2) is 0 Å². The molecule has 0 fully saturated rings. The van der Waals surface area contributed by atoms with E-state index in [-0.39, 0.29) is 0 Å². The van der Waals surface area contributed by atoms with Gasteiger partial charge in [0.25, 0.3) is 0 Å². The molecule has 6 heteroatoms. The number of aromatic amines is 1. The van der Waals surface area contributed by atoms with Gasteiger partial charge in [-0.25, -0.2) is 0 Å². The monoisotopic (exact) mass is 389 g/mol. The molecule has 1 aromatic carbocycles. The number of rotatable bonds is 6. The number of aromatic nitrogens is 3. The summed E-state index contributed by atoms with van der Waals surface area (Å²) in [5.41, 5.74) is 4.86. The molecule has 0 bridgehead atoms. The van der Waals surface area contributed by atoms with Gasteiger partial charge in [-0.1, -0.05) is 36.9 Å². The minimum absolute atomic E-state index is 0.816. The molecule has 3 rings (SSSR count). The molecule has 0 atom stereocenters. The molecule has 2 heterocycles. The van der Waals surface area contributed by atoms with Crippen molar-refractivity contribution in [3.8, 4) is 11.1 Å². The van der Waals surface area contributed by atoms with Crippen molar-refractivity contribution in [1.29, 1.82) is 0 Å². The van der Waals surface area contributed by atoms with Crippen molar-refractivity contribution in [3.05, 3.63) is 67.2 Å². The maximum Gasteiger partial charge on any atom is 0.100 e. The summed E-state index contributed by atoms with van der Waals surface area (Å²) in [4.78, 5) is 5.67. The molecule has 0 saturated carbocycles. The summed E-state index contributed by atoms with van der Waals surface area (Å²) < 4.78 is 0. The van der Waals surface area contributed by atoms with E-state index in [0.717, 1.165) is 49.7 Å². The zero-order chi connectivity index (χ0) is 19.9. The van der Waals surface area contributed by atoms with Gasteiger partial charge in [-0.15, -0.1) is 5.10 Å². The Morgan fingerprint density at radius 1 is 1.14 bits per heavy atom. The van der Waals surface area contributed by atoms with E-state index >= 15 is 0 Å². The maximum atomic E-state index is 4.55. The average molecular weight is 390 g/mol. The fourth-order valence-corrected chi connectivity index (χ4v) is 3.29. The van der Waals surface area contributed by atoms with E-state index in [4.69, 9.17) is 0 Å². The molecule has 3 aromatic rings. The van der Waals surface area contributed by atoms with Crippen LogP contribution in [0.25, 0.3) is 22.0 Å². The first-order chi connectivity index (χ1) is 13.5. The Morgan fingerprint density at radius 2 is 2.00 bits per heavy atom. The van der Waals surface area contributed by atoms with Gasteiger partial charge in [-0.05, 0) is 50.6 Å². The van der Waals surface area contributed by atoms with Crippen LogP contribution in [0.5, 0.6) is 0 Å². The lowest BCUT2D eigenvalue weighted by Crippen LogP contribution is -1.91. The van der Waals surface area contributed by atoms with Crippen molar-refractivity contribution in [2.45, 2.75) is 32.1 Å². The topological polar surface area (TPSA) is 66.3 Å². The predicted octanol–water partition coefficient (Wildman–Crippen LogP) is 6.03. The molecule has 0 amide bonds. The average Bonchev–Trinajstić information content (AvgIpc) is 3.23. The van der Waals surface area contributed by atoms with Crippen molar-refractivity contribution in [1.82, 2.24) is 15.2 Å². The van der Waals surface area contributed by atoms with Gasteiger partial charge < -0.3 is 0 Å². The van der Waals surface area contributed by atoms with Crippen LogP contribution < -0.4 is 0 Å². The summed E-state index contributed by atoms with van der Waals surface area (Å²) in [6.45, 7) is 9.81. The molecule has 5 nitrogen and oxygen atoms in total. The van der Waals surface area contributed by atoms with E-state index in [1.807, 2.05) is 44.5 Å². The first-order valence-electron chi connectivity index (χ1n) is 9.06. The highest BCUT2D eigenvalue weighted by Gasteiger charge is 2.06. The number of nitrogens with one attached hydrogen (secondary N) is 1. The van der Waals surface area contributed by atoms with Crippen molar-refractivity contribution in [2.24, 2.45) is 10.2 Å². The van der Waals surface area contributed by atoms with Crippen LogP contribution in [-0.2, 0) is 0 Å². The molecule has 0 aliphatic carbocycles. The van der Waals surface area contributed by atoms with Crippen LogP contribution in [0.2, 0.25) is 0 Å². The summed E-state index contributed by atoms with van der Waals surface area (Å²) in [5, 5.41) is 17.6. The number of hydrogen-bond donors (Lipinski definition) is 1. The highest BCUT2D eigenvalue weighted by molar-refractivity contribution is 8.14. The highest BCUT2D eigenvalue weighted by Crippen LogP contribution is 2.27. The highest BCUT2D eigenvalue weighted by atomic mass is 32.2. The van der Waals surface area contributed by atoms with E-state index in [0.29, 0.717) is 0 Å². The fraction of sp³-hybridized carbons (Fsp3) is 0.182. The lowest BCUT2D eigenvalue weighted by atomic mass is 10.1. The first-order valence-corrected chi connectivity index (χ1v) is 9.88. The Balaban J connectivity index is 1.82. The van der Waals surface area contributed by atoms with Crippen molar-refractivity contribution < 1.29 is 0 Å². The summed E-state index contributed by atoms with van der Waals surface area (Å²) in [6, 6.07) is 8.37. The molecular weight excluding hydrogens is 366 g/mol. The Bertz CT molecular complexity index is 1060. The van der Waals surface area contributed by atoms with Crippen molar-refractivity contribution in [3.63, 3.8) is 0 Å². The van der Waals surface area contributed by atoms with Crippen molar-refractivity contribution >= 4 is 33.4 Å². The van der Waals surface area contributed by atoms with Gasteiger partial charge in [-0.3, -0.25) is 10.1 Å². The Hall–Kier alpha value is -2.99. The van der Waals surface area contributed by atoms with E-state index in [2.05, 4.69) is 57.1 Å². The standard InChI is InChI=1S/C22H23N5S/c1-5-22(27-26-16(4)7-6-15(2)3)28-20-8-9-21-17(11-20)10-18(12-23-21)19-13-24-25-14-19/h6-14H,2,5H2,1,3-4H3,(H,24,25)/b7-6-,26-16+,27-22+.